The first kappa shape index (κ1) is 13.6. The number of ketones is 1. The highest BCUT2D eigenvalue weighted by Gasteiger charge is 2.30. The van der Waals surface area contributed by atoms with Crippen LogP contribution in [0, 0.1) is 0 Å². The van der Waals surface area contributed by atoms with Crippen molar-refractivity contribution in [1.29, 1.82) is 0 Å². The molecule has 4 nitrogen and oxygen atoms in total. The predicted molar refractivity (Wildman–Crippen MR) is 71.7 cm³/mol. The molecule has 1 aliphatic heterocycles. The van der Waals surface area contributed by atoms with E-state index in [4.69, 9.17) is 4.74 Å². The third-order valence-electron chi connectivity index (χ3n) is 3.34. The first-order valence-corrected chi connectivity index (χ1v) is 6.63. The van der Waals surface area contributed by atoms with Crippen molar-refractivity contribution < 1.29 is 14.3 Å². The Bertz CT molecular complexity index is 444. The Morgan fingerprint density at radius 1 is 1.32 bits per heavy atom. The molecule has 1 amide bonds. The molecule has 0 spiro atoms. The summed E-state index contributed by atoms with van der Waals surface area (Å²) in [5.41, 5.74) is 0.971. The zero-order chi connectivity index (χ0) is 13.7. The quantitative estimate of drug-likeness (QED) is 0.837. The van der Waals surface area contributed by atoms with Crippen LogP contribution in [-0.2, 0) is 16.1 Å². The normalized spacial score (nSPS) is 18.4. The van der Waals surface area contributed by atoms with Gasteiger partial charge in [-0.25, -0.2) is 4.79 Å². The summed E-state index contributed by atoms with van der Waals surface area (Å²) in [5, 5.41) is 0. The van der Waals surface area contributed by atoms with Crippen molar-refractivity contribution in [3.8, 4) is 0 Å². The Kier molecular flexibility index (Phi) is 4.55. The molecule has 1 heterocycles. The number of benzene rings is 1. The minimum absolute atomic E-state index is 0.0146. The average molecular weight is 261 g/mol. The van der Waals surface area contributed by atoms with Gasteiger partial charge in [0, 0.05) is 19.0 Å². The third kappa shape index (κ3) is 3.81. The van der Waals surface area contributed by atoms with Crippen LogP contribution in [-0.4, -0.2) is 29.4 Å². The van der Waals surface area contributed by atoms with Crippen molar-refractivity contribution in [1.82, 2.24) is 4.90 Å². The van der Waals surface area contributed by atoms with Crippen molar-refractivity contribution in [3.05, 3.63) is 35.9 Å². The van der Waals surface area contributed by atoms with Crippen molar-refractivity contribution in [2.24, 2.45) is 0 Å². The van der Waals surface area contributed by atoms with Gasteiger partial charge in [0.05, 0.1) is 0 Å². The Hall–Kier alpha value is -1.84. The van der Waals surface area contributed by atoms with Gasteiger partial charge in [-0.05, 0) is 25.3 Å². The molecule has 19 heavy (non-hydrogen) atoms. The number of carbonyl (C=O) groups excluding carboxylic acids is 2. The zero-order valence-corrected chi connectivity index (χ0v) is 11.2. The van der Waals surface area contributed by atoms with E-state index < -0.39 is 0 Å². The molecule has 1 aromatic rings. The summed E-state index contributed by atoms with van der Waals surface area (Å²) in [6.45, 7) is 2.53. The summed E-state index contributed by atoms with van der Waals surface area (Å²) in [6, 6.07) is 9.61. The van der Waals surface area contributed by atoms with Crippen LogP contribution in [0.4, 0.5) is 4.79 Å². The van der Waals surface area contributed by atoms with Gasteiger partial charge < -0.3 is 9.64 Å². The first-order valence-electron chi connectivity index (χ1n) is 6.63. The van der Waals surface area contributed by atoms with Gasteiger partial charge in [-0.15, -0.1) is 0 Å². The molecular formula is C15H19NO3. The van der Waals surface area contributed by atoms with Crippen LogP contribution >= 0.6 is 0 Å². The van der Waals surface area contributed by atoms with Crippen LogP contribution < -0.4 is 0 Å². The number of Topliss-reactive ketones (excluding diaryl/α,β-unsaturated/α-hetero) is 1. The topological polar surface area (TPSA) is 46.6 Å². The number of amides is 1. The first-order chi connectivity index (χ1) is 9.16. The highest BCUT2D eigenvalue weighted by molar-refractivity contribution is 5.77. The van der Waals surface area contributed by atoms with Crippen molar-refractivity contribution in [2.75, 3.05) is 6.54 Å². The van der Waals surface area contributed by atoms with Gasteiger partial charge in [0.15, 0.2) is 0 Å². The second-order valence-corrected chi connectivity index (χ2v) is 4.94. The van der Waals surface area contributed by atoms with Crippen LogP contribution in [0.1, 0.15) is 31.7 Å². The summed E-state index contributed by atoms with van der Waals surface area (Å²) in [5.74, 6) is 0.118. The maximum absolute atomic E-state index is 12.0. The zero-order valence-electron chi connectivity index (χ0n) is 11.2. The minimum Gasteiger partial charge on any atom is -0.445 e. The molecule has 1 aliphatic rings. The fourth-order valence-electron chi connectivity index (χ4n) is 2.42. The smallest absolute Gasteiger partial charge is 0.410 e. The van der Waals surface area contributed by atoms with Crippen molar-refractivity contribution in [3.63, 3.8) is 0 Å². The molecule has 0 saturated carbocycles. The lowest BCUT2D eigenvalue weighted by Crippen LogP contribution is -2.36. The number of carbonyl (C=O) groups is 2. The Balaban J connectivity index is 1.87. The van der Waals surface area contributed by atoms with Gasteiger partial charge in [-0.2, -0.15) is 0 Å². The van der Waals surface area contributed by atoms with Crippen LogP contribution in [0.3, 0.4) is 0 Å². The second kappa shape index (κ2) is 6.36. The average Bonchev–Trinajstić information content (AvgIpc) is 2.84. The van der Waals surface area contributed by atoms with E-state index in [1.807, 2.05) is 30.3 Å². The molecule has 0 bridgehead atoms. The molecule has 0 aliphatic carbocycles. The van der Waals surface area contributed by atoms with Gasteiger partial charge >= 0.3 is 6.09 Å². The fraction of sp³-hybridized carbons (Fsp3) is 0.467. The summed E-state index contributed by atoms with van der Waals surface area (Å²) >= 11 is 0. The van der Waals surface area contributed by atoms with E-state index in [1.165, 1.54) is 0 Å². The SMILES string of the molecule is CC(=O)CC1CCCN1C(=O)OCc1ccccc1. The van der Waals surface area contributed by atoms with E-state index in [0.717, 1.165) is 18.4 Å². The molecule has 0 aromatic heterocycles. The van der Waals surface area contributed by atoms with Crippen LogP contribution in [0.5, 0.6) is 0 Å². The molecule has 0 N–H and O–H groups in total. The van der Waals surface area contributed by atoms with Crippen LogP contribution in [0.25, 0.3) is 0 Å². The van der Waals surface area contributed by atoms with E-state index in [0.29, 0.717) is 13.0 Å². The van der Waals surface area contributed by atoms with Gasteiger partial charge in [0.25, 0.3) is 0 Å². The molecular weight excluding hydrogens is 242 g/mol. The summed E-state index contributed by atoms with van der Waals surface area (Å²) < 4.78 is 5.30. The highest BCUT2D eigenvalue weighted by Crippen LogP contribution is 2.21. The number of rotatable bonds is 4. The lowest BCUT2D eigenvalue weighted by Gasteiger charge is -2.23. The Morgan fingerprint density at radius 2 is 2.05 bits per heavy atom. The summed E-state index contributed by atoms with van der Waals surface area (Å²) in [6.07, 6.45) is 1.95. The van der Waals surface area contributed by atoms with E-state index in [2.05, 4.69) is 0 Å². The second-order valence-electron chi connectivity index (χ2n) is 4.94. The molecule has 0 radical (unpaired) electrons. The summed E-state index contributed by atoms with van der Waals surface area (Å²) in [4.78, 5) is 24.9. The molecule has 1 aromatic carbocycles. The van der Waals surface area contributed by atoms with E-state index >= 15 is 0 Å². The Morgan fingerprint density at radius 3 is 2.74 bits per heavy atom. The fourth-order valence-corrected chi connectivity index (χ4v) is 2.42. The van der Waals surface area contributed by atoms with E-state index in [9.17, 15) is 9.59 Å². The molecule has 4 heteroatoms. The number of hydrogen-bond acceptors (Lipinski definition) is 3. The third-order valence-corrected chi connectivity index (χ3v) is 3.34. The van der Waals surface area contributed by atoms with Gasteiger partial charge in [-0.1, -0.05) is 30.3 Å². The van der Waals surface area contributed by atoms with Crippen LogP contribution in [0.2, 0.25) is 0 Å². The molecule has 1 saturated heterocycles. The van der Waals surface area contributed by atoms with Gasteiger partial charge in [0.2, 0.25) is 0 Å². The van der Waals surface area contributed by atoms with Crippen molar-refractivity contribution in [2.45, 2.75) is 38.8 Å². The Labute approximate surface area is 113 Å². The maximum atomic E-state index is 12.0. The number of nitrogens with zero attached hydrogens (tertiary/aromatic N) is 1. The largest absolute Gasteiger partial charge is 0.445 e. The van der Waals surface area contributed by atoms with Gasteiger partial charge in [-0.3, -0.25) is 4.79 Å². The molecule has 2 rings (SSSR count). The monoisotopic (exact) mass is 261 g/mol. The number of likely N-dealkylation sites (tertiary alicyclic amines) is 1. The predicted octanol–water partition coefficient (Wildman–Crippen LogP) is 2.77. The van der Waals surface area contributed by atoms with E-state index in [-0.39, 0.29) is 24.5 Å². The minimum atomic E-state index is -0.312. The lowest BCUT2D eigenvalue weighted by atomic mass is 10.1. The van der Waals surface area contributed by atoms with E-state index in [1.54, 1.807) is 11.8 Å². The highest BCUT2D eigenvalue weighted by atomic mass is 16.6. The number of ether oxygens (including phenoxy) is 1. The maximum Gasteiger partial charge on any atom is 0.410 e. The number of hydrogen-bond donors (Lipinski definition) is 0. The molecule has 1 atom stereocenters. The van der Waals surface area contributed by atoms with Gasteiger partial charge in [0.1, 0.15) is 12.4 Å². The molecule has 1 unspecified atom stereocenters. The lowest BCUT2D eigenvalue weighted by molar-refractivity contribution is -0.117. The molecule has 102 valence electrons. The van der Waals surface area contributed by atoms with Crippen molar-refractivity contribution >= 4 is 11.9 Å². The van der Waals surface area contributed by atoms with Crippen LogP contribution in [0.15, 0.2) is 30.3 Å². The molecule has 1 fully saturated rings. The standard InChI is InChI=1S/C15H19NO3/c1-12(17)10-14-8-5-9-16(14)15(18)19-11-13-6-3-2-4-7-13/h2-4,6-7,14H,5,8-11H2,1H3. The summed E-state index contributed by atoms with van der Waals surface area (Å²) in [7, 11) is 0.